The minimum Gasteiger partial charge on any atom is -0.476 e. The Hall–Kier alpha value is -2.76. The van der Waals surface area contributed by atoms with Crippen LogP contribution in [-0.2, 0) is 38.9 Å². The van der Waals surface area contributed by atoms with Gasteiger partial charge in [-0.2, -0.15) is 13.2 Å². The zero-order valence-electron chi connectivity index (χ0n) is 19.5. The topological polar surface area (TPSA) is 90.7 Å². The molecule has 2 aromatic rings. The van der Waals surface area contributed by atoms with Gasteiger partial charge in [-0.15, -0.1) is 5.10 Å². The van der Waals surface area contributed by atoms with Gasteiger partial charge in [-0.25, -0.2) is 8.42 Å². The Morgan fingerprint density at radius 3 is 2.53 bits per heavy atom. The predicted molar refractivity (Wildman–Crippen MR) is 118 cm³/mol. The summed E-state index contributed by atoms with van der Waals surface area (Å²) in [6.07, 6.45) is -2.53. The fourth-order valence-electron chi connectivity index (χ4n) is 3.57. The molecule has 3 rings (SSSR count). The van der Waals surface area contributed by atoms with E-state index in [0.717, 1.165) is 19.4 Å². The summed E-state index contributed by atoms with van der Waals surface area (Å²) in [5.74, 6) is -1.05. The second-order valence-electron chi connectivity index (χ2n) is 8.39. The van der Waals surface area contributed by atoms with Gasteiger partial charge in [0.05, 0.1) is 18.7 Å². The normalized spacial score (nSPS) is 14.6. The number of aromatic nitrogens is 2. The number of anilines is 1. The number of fused-ring (bicyclic) bond motifs is 1. The number of aryl methyl sites for hydroxylation is 2. The number of alkyl halides is 3. The molecule has 12 heteroatoms. The van der Waals surface area contributed by atoms with Crippen molar-refractivity contribution in [3.05, 3.63) is 35.5 Å². The van der Waals surface area contributed by atoms with E-state index in [2.05, 4.69) is 9.84 Å². The van der Waals surface area contributed by atoms with E-state index in [1.54, 1.807) is 19.1 Å². The Morgan fingerprint density at radius 2 is 1.91 bits per heavy atom. The standard InChI is InChI=1S/C22H28F3N3O5S/c1-5-27-14-18(20(26-27)32-6-2)34(30,31)28-11-7-8-16-10-9-15(12-17(16)28)13-19(29)33-21(3,4)22(23,24)25/h9-10,12,14H,5-8,11,13H2,1-4H3. The van der Waals surface area contributed by atoms with E-state index in [0.29, 0.717) is 30.6 Å². The maximum absolute atomic E-state index is 13.6. The Morgan fingerprint density at radius 1 is 1.21 bits per heavy atom. The zero-order chi connectivity index (χ0) is 25.3. The van der Waals surface area contributed by atoms with Crippen molar-refractivity contribution in [3.63, 3.8) is 0 Å². The van der Waals surface area contributed by atoms with E-state index in [9.17, 15) is 26.4 Å². The number of sulfonamides is 1. The Bertz CT molecular complexity index is 1160. The molecule has 0 saturated carbocycles. The maximum Gasteiger partial charge on any atom is 0.427 e. The lowest BCUT2D eigenvalue weighted by atomic mass is 10.00. The Labute approximate surface area is 196 Å². The molecule has 0 unspecified atom stereocenters. The predicted octanol–water partition coefficient (Wildman–Crippen LogP) is 3.87. The van der Waals surface area contributed by atoms with Crippen molar-refractivity contribution in [1.82, 2.24) is 9.78 Å². The van der Waals surface area contributed by atoms with Gasteiger partial charge in [0.2, 0.25) is 5.60 Å². The van der Waals surface area contributed by atoms with Crippen molar-refractivity contribution < 1.29 is 35.9 Å². The molecule has 0 aliphatic carbocycles. The van der Waals surface area contributed by atoms with Crippen molar-refractivity contribution in [2.75, 3.05) is 17.5 Å². The van der Waals surface area contributed by atoms with E-state index in [4.69, 9.17) is 4.74 Å². The van der Waals surface area contributed by atoms with Gasteiger partial charge in [0.1, 0.15) is 0 Å². The molecule has 0 N–H and O–H groups in total. The van der Waals surface area contributed by atoms with Crippen LogP contribution in [0.3, 0.4) is 0 Å². The molecule has 0 atom stereocenters. The highest BCUT2D eigenvalue weighted by atomic mass is 32.2. The van der Waals surface area contributed by atoms with Crippen molar-refractivity contribution >= 4 is 21.7 Å². The number of hydrogen-bond acceptors (Lipinski definition) is 6. The summed E-state index contributed by atoms with van der Waals surface area (Å²) in [6, 6.07) is 4.80. The highest BCUT2D eigenvalue weighted by Gasteiger charge is 2.50. The number of hydrogen-bond donors (Lipinski definition) is 0. The fourth-order valence-corrected chi connectivity index (χ4v) is 5.18. The van der Waals surface area contributed by atoms with E-state index in [1.807, 2.05) is 6.92 Å². The zero-order valence-corrected chi connectivity index (χ0v) is 20.3. The minimum atomic E-state index is -4.72. The van der Waals surface area contributed by atoms with E-state index >= 15 is 0 Å². The van der Waals surface area contributed by atoms with Gasteiger partial charge in [0.15, 0.2) is 4.90 Å². The number of benzene rings is 1. The molecule has 1 aliphatic rings. The van der Waals surface area contributed by atoms with Crippen molar-refractivity contribution in [2.24, 2.45) is 0 Å². The van der Waals surface area contributed by atoms with E-state index in [1.165, 1.54) is 21.3 Å². The summed E-state index contributed by atoms with van der Waals surface area (Å²) in [6.45, 7) is 5.99. The van der Waals surface area contributed by atoms with Crippen LogP contribution in [0.4, 0.5) is 18.9 Å². The van der Waals surface area contributed by atoms with Crippen LogP contribution in [0, 0.1) is 0 Å². The first kappa shape index (κ1) is 25.9. The molecule has 0 amide bonds. The molecule has 0 radical (unpaired) electrons. The third kappa shape index (κ3) is 5.16. The molecular weight excluding hydrogens is 475 g/mol. The fraction of sp³-hybridized carbons (Fsp3) is 0.545. The smallest absolute Gasteiger partial charge is 0.427 e. The average Bonchev–Trinajstić information content (AvgIpc) is 3.16. The first-order valence-corrected chi connectivity index (χ1v) is 12.4. The largest absolute Gasteiger partial charge is 0.476 e. The van der Waals surface area contributed by atoms with Crippen LogP contribution in [0.2, 0.25) is 0 Å². The highest BCUT2D eigenvalue weighted by Crippen LogP contribution is 2.36. The van der Waals surface area contributed by atoms with Gasteiger partial charge in [-0.05, 0) is 57.7 Å². The summed E-state index contributed by atoms with van der Waals surface area (Å²) in [5, 5.41) is 4.18. The quantitative estimate of drug-likeness (QED) is 0.508. The highest BCUT2D eigenvalue weighted by molar-refractivity contribution is 7.93. The summed E-state index contributed by atoms with van der Waals surface area (Å²) in [5.41, 5.74) is -1.16. The summed E-state index contributed by atoms with van der Waals surface area (Å²) in [7, 11) is -4.05. The third-order valence-electron chi connectivity index (χ3n) is 5.50. The molecule has 1 aliphatic heterocycles. The van der Waals surface area contributed by atoms with E-state index < -0.39 is 34.2 Å². The maximum atomic E-state index is 13.6. The third-order valence-corrected chi connectivity index (χ3v) is 7.29. The van der Waals surface area contributed by atoms with Crippen LogP contribution >= 0.6 is 0 Å². The molecule has 0 saturated heterocycles. The van der Waals surface area contributed by atoms with Gasteiger partial charge in [0, 0.05) is 19.3 Å². The number of ether oxygens (including phenoxy) is 2. The van der Waals surface area contributed by atoms with Crippen LogP contribution in [-0.4, -0.2) is 49.1 Å². The first-order chi connectivity index (χ1) is 15.8. The van der Waals surface area contributed by atoms with Gasteiger partial charge >= 0.3 is 12.1 Å². The molecule has 1 aromatic heterocycles. The average molecular weight is 504 g/mol. The molecule has 1 aromatic carbocycles. The van der Waals surface area contributed by atoms with Crippen molar-refractivity contribution in [3.8, 4) is 5.88 Å². The second kappa shape index (κ2) is 9.47. The number of carbonyl (C=O) groups is 1. The van der Waals surface area contributed by atoms with Crippen LogP contribution in [0.1, 0.15) is 45.2 Å². The van der Waals surface area contributed by atoms with E-state index in [-0.39, 0.29) is 23.9 Å². The molecule has 2 heterocycles. The number of esters is 1. The van der Waals surface area contributed by atoms with Crippen molar-refractivity contribution in [1.29, 1.82) is 0 Å². The van der Waals surface area contributed by atoms with Crippen LogP contribution < -0.4 is 9.04 Å². The molecule has 34 heavy (non-hydrogen) atoms. The summed E-state index contributed by atoms with van der Waals surface area (Å²) < 4.78 is 79.1. The van der Waals surface area contributed by atoms with Crippen LogP contribution in [0.15, 0.2) is 29.3 Å². The van der Waals surface area contributed by atoms with Crippen LogP contribution in [0.25, 0.3) is 0 Å². The summed E-state index contributed by atoms with van der Waals surface area (Å²) in [4.78, 5) is 12.1. The Balaban J connectivity index is 1.92. The lowest BCUT2D eigenvalue weighted by Crippen LogP contribution is -2.43. The van der Waals surface area contributed by atoms with Crippen LogP contribution in [0.5, 0.6) is 5.88 Å². The molecule has 188 valence electrons. The van der Waals surface area contributed by atoms with Crippen molar-refractivity contribution in [2.45, 2.75) is 70.2 Å². The molecule has 0 bridgehead atoms. The lowest BCUT2D eigenvalue weighted by Gasteiger charge is -2.31. The lowest BCUT2D eigenvalue weighted by molar-refractivity contribution is -0.257. The number of rotatable bonds is 8. The van der Waals surface area contributed by atoms with Gasteiger partial charge in [-0.1, -0.05) is 12.1 Å². The number of halogens is 3. The minimum absolute atomic E-state index is 0.00517. The van der Waals surface area contributed by atoms with Gasteiger partial charge < -0.3 is 9.47 Å². The summed E-state index contributed by atoms with van der Waals surface area (Å²) >= 11 is 0. The second-order valence-corrected chi connectivity index (χ2v) is 10.2. The molecule has 8 nitrogen and oxygen atoms in total. The molecule has 0 spiro atoms. The SMILES string of the molecule is CCOc1nn(CC)cc1S(=O)(=O)N1CCCc2ccc(CC(=O)OC(C)(C)C(F)(F)F)cc21. The number of carbonyl (C=O) groups excluding carboxylic acids is 1. The molecule has 0 fully saturated rings. The van der Waals surface area contributed by atoms with Gasteiger partial charge in [0.25, 0.3) is 15.9 Å². The molecular formula is C22H28F3N3O5S. The van der Waals surface area contributed by atoms with Gasteiger partial charge in [-0.3, -0.25) is 13.8 Å². The Kier molecular flexibility index (Phi) is 7.20. The monoisotopic (exact) mass is 503 g/mol. The first-order valence-electron chi connectivity index (χ1n) is 10.9. The number of nitrogens with zero attached hydrogens (tertiary/aromatic N) is 3.